The van der Waals surface area contributed by atoms with Crippen LogP contribution in [0.15, 0.2) is 18.2 Å². The molecule has 0 spiro atoms. The second-order valence-corrected chi connectivity index (χ2v) is 4.84. The lowest BCUT2D eigenvalue weighted by Crippen LogP contribution is -2.19. The summed E-state index contributed by atoms with van der Waals surface area (Å²) in [4.78, 5) is 0. The molecule has 0 amide bonds. The molecule has 1 aromatic rings. The third-order valence-corrected chi connectivity index (χ3v) is 3.91. The van der Waals surface area contributed by atoms with Crippen molar-refractivity contribution in [3.63, 3.8) is 0 Å². The first-order valence-corrected chi connectivity index (χ1v) is 6.24. The lowest BCUT2D eigenvalue weighted by Gasteiger charge is -2.17. The zero-order valence-corrected chi connectivity index (χ0v) is 10.5. The molecule has 1 aliphatic carbocycles. The van der Waals surface area contributed by atoms with Crippen LogP contribution in [0.3, 0.4) is 0 Å². The monoisotopic (exact) mass is 294 g/mol. The summed E-state index contributed by atoms with van der Waals surface area (Å²) < 4.78 is 5.81. The minimum atomic E-state index is -0.0748. The van der Waals surface area contributed by atoms with Crippen molar-refractivity contribution < 1.29 is 4.74 Å². The van der Waals surface area contributed by atoms with Gasteiger partial charge in [-0.3, -0.25) is 0 Å². The molecule has 0 heterocycles. The Morgan fingerprint density at radius 2 is 1.86 bits per heavy atom. The topological polar surface area (TPSA) is 9.23 Å². The summed E-state index contributed by atoms with van der Waals surface area (Å²) in [6, 6.07) is 5.38. The van der Waals surface area contributed by atoms with Crippen LogP contribution in [0.2, 0.25) is 10.0 Å². The smallest absolute Gasteiger partial charge is 0.157 e. The van der Waals surface area contributed by atoms with Gasteiger partial charge in [0.2, 0.25) is 0 Å². The molecular formula is C10H9BrCl2O. The first-order chi connectivity index (χ1) is 6.67. The van der Waals surface area contributed by atoms with Crippen LogP contribution >= 0.6 is 39.1 Å². The molecule has 0 aliphatic heterocycles. The molecule has 1 saturated carbocycles. The Labute approximate surface area is 101 Å². The van der Waals surface area contributed by atoms with Crippen LogP contribution in [0.1, 0.15) is 12.8 Å². The van der Waals surface area contributed by atoms with Crippen LogP contribution in [-0.4, -0.2) is 10.9 Å². The molecule has 14 heavy (non-hydrogen) atoms. The van der Waals surface area contributed by atoms with Crippen molar-refractivity contribution in [1.29, 1.82) is 0 Å². The largest absolute Gasteiger partial charge is 0.483 e. The number of para-hydroxylation sites is 1. The molecule has 76 valence electrons. The summed E-state index contributed by atoms with van der Waals surface area (Å²) in [7, 11) is 0. The fourth-order valence-electron chi connectivity index (χ4n) is 1.20. The SMILES string of the molecule is Clc1cccc(Cl)c1OC1(CBr)CC1. The number of rotatable bonds is 3. The van der Waals surface area contributed by atoms with E-state index in [1.54, 1.807) is 12.1 Å². The second-order valence-electron chi connectivity index (χ2n) is 3.47. The molecule has 0 bridgehead atoms. The lowest BCUT2D eigenvalue weighted by atomic mass is 10.3. The van der Waals surface area contributed by atoms with Crippen LogP contribution in [0.25, 0.3) is 0 Å². The number of hydrogen-bond acceptors (Lipinski definition) is 1. The molecule has 4 heteroatoms. The maximum atomic E-state index is 6.00. The van der Waals surface area contributed by atoms with Gasteiger partial charge in [-0.15, -0.1) is 0 Å². The summed E-state index contributed by atoms with van der Waals surface area (Å²) in [6.07, 6.45) is 2.11. The zero-order valence-electron chi connectivity index (χ0n) is 7.40. The third-order valence-electron chi connectivity index (χ3n) is 2.29. The second kappa shape index (κ2) is 3.92. The Hall–Kier alpha value is 0.0800. The minimum absolute atomic E-state index is 0.0748. The van der Waals surface area contributed by atoms with Gasteiger partial charge >= 0.3 is 0 Å². The summed E-state index contributed by atoms with van der Waals surface area (Å²) in [5.74, 6) is 0.604. The van der Waals surface area contributed by atoms with Crippen LogP contribution in [0.5, 0.6) is 5.75 Å². The van der Waals surface area contributed by atoms with Crippen molar-refractivity contribution in [1.82, 2.24) is 0 Å². The van der Waals surface area contributed by atoms with E-state index in [-0.39, 0.29) is 5.60 Å². The summed E-state index contributed by atoms with van der Waals surface area (Å²) in [6.45, 7) is 0. The highest BCUT2D eigenvalue weighted by atomic mass is 79.9. The van der Waals surface area contributed by atoms with Crippen LogP contribution in [-0.2, 0) is 0 Å². The van der Waals surface area contributed by atoms with Gasteiger partial charge in [-0.05, 0) is 25.0 Å². The number of halogens is 3. The molecule has 0 aromatic heterocycles. The standard InChI is InChI=1S/C10H9BrCl2O/c11-6-10(4-5-10)14-9-7(12)2-1-3-8(9)13/h1-3H,4-6H2. The molecule has 1 fully saturated rings. The van der Waals surface area contributed by atoms with Gasteiger partial charge < -0.3 is 4.74 Å². The van der Waals surface area contributed by atoms with E-state index >= 15 is 0 Å². The molecule has 1 aromatic carbocycles. The molecule has 0 unspecified atom stereocenters. The normalized spacial score (nSPS) is 17.9. The van der Waals surface area contributed by atoms with Crippen molar-refractivity contribution in [2.45, 2.75) is 18.4 Å². The average molecular weight is 296 g/mol. The van der Waals surface area contributed by atoms with Crippen molar-refractivity contribution in [3.8, 4) is 5.75 Å². The molecule has 2 rings (SSSR count). The molecule has 1 aliphatic rings. The average Bonchev–Trinajstić information content (AvgIpc) is 2.93. The van der Waals surface area contributed by atoms with Gasteiger partial charge in [0, 0.05) is 5.33 Å². The van der Waals surface area contributed by atoms with Crippen molar-refractivity contribution in [2.75, 3.05) is 5.33 Å². The first-order valence-electron chi connectivity index (χ1n) is 4.36. The summed E-state index contributed by atoms with van der Waals surface area (Å²) in [5, 5.41) is 1.97. The maximum Gasteiger partial charge on any atom is 0.157 e. The first kappa shape index (κ1) is 10.6. The lowest BCUT2D eigenvalue weighted by molar-refractivity contribution is 0.207. The fraction of sp³-hybridized carbons (Fsp3) is 0.400. The molecule has 0 N–H and O–H groups in total. The van der Waals surface area contributed by atoms with Gasteiger partial charge in [-0.2, -0.15) is 0 Å². The van der Waals surface area contributed by atoms with E-state index in [0.717, 1.165) is 18.2 Å². The Bertz CT molecular complexity index is 330. The highest BCUT2D eigenvalue weighted by molar-refractivity contribution is 9.09. The number of hydrogen-bond donors (Lipinski definition) is 0. The maximum absolute atomic E-state index is 6.00. The van der Waals surface area contributed by atoms with E-state index in [0.29, 0.717) is 15.8 Å². The van der Waals surface area contributed by atoms with Gasteiger partial charge in [0.1, 0.15) is 5.60 Å². The zero-order chi connectivity index (χ0) is 10.2. The van der Waals surface area contributed by atoms with E-state index in [1.807, 2.05) is 6.07 Å². The molecular weight excluding hydrogens is 287 g/mol. The van der Waals surface area contributed by atoms with Gasteiger partial charge in [0.15, 0.2) is 5.75 Å². The van der Waals surface area contributed by atoms with E-state index < -0.39 is 0 Å². The van der Waals surface area contributed by atoms with E-state index in [4.69, 9.17) is 27.9 Å². The number of alkyl halides is 1. The van der Waals surface area contributed by atoms with Crippen molar-refractivity contribution in [3.05, 3.63) is 28.2 Å². The predicted octanol–water partition coefficient (Wildman–Crippen LogP) is 4.30. The highest BCUT2D eigenvalue weighted by Crippen LogP contribution is 2.45. The number of ether oxygens (including phenoxy) is 1. The Morgan fingerprint density at radius 1 is 1.29 bits per heavy atom. The Kier molecular flexibility index (Phi) is 2.96. The highest BCUT2D eigenvalue weighted by Gasteiger charge is 2.45. The third kappa shape index (κ3) is 2.02. The molecule has 0 radical (unpaired) electrons. The number of benzene rings is 1. The van der Waals surface area contributed by atoms with Crippen molar-refractivity contribution >= 4 is 39.1 Å². The molecule has 0 saturated heterocycles. The van der Waals surface area contributed by atoms with Gasteiger partial charge in [0.05, 0.1) is 10.0 Å². The van der Waals surface area contributed by atoms with Gasteiger partial charge in [0.25, 0.3) is 0 Å². The molecule has 1 nitrogen and oxygen atoms in total. The predicted molar refractivity (Wildman–Crippen MR) is 62.8 cm³/mol. The Balaban J connectivity index is 2.24. The fourth-order valence-corrected chi connectivity index (χ4v) is 2.35. The van der Waals surface area contributed by atoms with Crippen LogP contribution in [0.4, 0.5) is 0 Å². The van der Waals surface area contributed by atoms with Crippen molar-refractivity contribution in [2.24, 2.45) is 0 Å². The van der Waals surface area contributed by atoms with Gasteiger partial charge in [-0.1, -0.05) is 45.2 Å². The van der Waals surface area contributed by atoms with E-state index in [1.165, 1.54) is 0 Å². The van der Waals surface area contributed by atoms with Gasteiger partial charge in [-0.25, -0.2) is 0 Å². The van der Waals surface area contributed by atoms with Crippen LogP contribution < -0.4 is 4.74 Å². The van der Waals surface area contributed by atoms with Crippen LogP contribution in [0, 0.1) is 0 Å². The summed E-state index contributed by atoms with van der Waals surface area (Å²) >= 11 is 15.4. The van der Waals surface area contributed by atoms with E-state index in [9.17, 15) is 0 Å². The Morgan fingerprint density at radius 3 is 2.29 bits per heavy atom. The van der Waals surface area contributed by atoms with E-state index in [2.05, 4.69) is 15.9 Å². The minimum Gasteiger partial charge on any atom is -0.483 e. The summed E-state index contributed by atoms with van der Waals surface area (Å²) in [5.41, 5.74) is -0.0748. The quantitative estimate of drug-likeness (QED) is 0.756. The molecule has 0 atom stereocenters.